The van der Waals surface area contributed by atoms with Gasteiger partial charge in [0.25, 0.3) is 0 Å². The van der Waals surface area contributed by atoms with Gasteiger partial charge in [-0.25, -0.2) is 4.98 Å². The van der Waals surface area contributed by atoms with Crippen LogP contribution < -0.4 is 5.32 Å². The van der Waals surface area contributed by atoms with E-state index in [4.69, 9.17) is 27.9 Å². The van der Waals surface area contributed by atoms with Gasteiger partial charge in [0.1, 0.15) is 0 Å². The minimum atomic E-state index is -0.482. The summed E-state index contributed by atoms with van der Waals surface area (Å²) in [4.78, 5) is 16.6. The third-order valence-corrected chi connectivity index (χ3v) is 5.58. The number of halogens is 3. The molecule has 3 rings (SSSR count). The summed E-state index contributed by atoms with van der Waals surface area (Å²) >= 11 is 12.9. The summed E-state index contributed by atoms with van der Waals surface area (Å²) in [6, 6.07) is 5.15. The van der Waals surface area contributed by atoms with Crippen molar-refractivity contribution in [2.45, 2.75) is 37.7 Å². The number of thiazole rings is 1. The third kappa shape index (κ3) is 4.91. The van der Waals surface area contributed by atoms with Gasteiger partial charge >= 0.3 is 0 Å². The van der Waals surface area contributed by atoms with Crippen molar-refractivity contribution in [3.63, 3.8) is 0 Å². The molecule has 0 spiro atoms. The summed E-state index contributed by atoms with van der Waals surface area (Å²) in [5, 5.41) is 3.29. The largest absolute Gasteiger partial charge is 0.378 e. The van der Waals surface area contributed by atoms with Crippen LogP contribution in [0.2, 0.25) is 10.0 Å². The highest BCUT2D eigenvalue weighted by atomic mass is 35.5. The van der Waals surface area contributed by atoms with Gasteiger partial charge in [-0.2, -0.15) is 4.39 Å². The first-order valence-electron chi connectivity index (χ1n) is 8.01. The summed E-state index contributed by atoms with van der Waals surface area (Å²) < 4.78 is 18.9. The highest BCUT2D eigenvalue weighted by Crippen LogP contribution is 2.32. The lowest BCUT2D eigenvalue weighted by Crippen LogP contribution is -2.28. The second-order valence-electron chi connectivity index (χ2n) is 5.91. The number of rotatable bonds is 5. The zero-order valence-electron chi connectivity index (χ0n) is 13.3. The van der Waals surface area contributed by atoms with Gasteiger partial charge in [0.15, 0.2) is 10.3 Å². The van der Waals surface area contributed by atoms with Crippen LogP contribution in [0.4, 0.5) is 9.52 Å². The summed E-state index contributed by atoms with van der Waals surface area (Å²) in [6.07, 6.45) is 4.65. The number of nitrogens with zero attached hydrogens (tertiary/aromatic N) is 1. The van der Waals surface area contributed by atoms with Crippen molar-refractivity contribution in [1.29, 1.82) is 0 Å². The number of ether oxygens (including phenoxy) is 1. The van der Waals surface area contributed by atoms with Crippen LogP contribution in [0.3, 0.4) is 0 Å². The molecule has 1 aliphatic heterocycles. The Hall–Kier alpha value is -1.21. The molecule has 8 heteroatoms. The summed E-state index contributed by atoms with van der Waals surface area (Å²) in [5.41, 5.74) is 0.748. The van der Waals surface area contributed by atoms with E-state index in [1.165, 1.54) is 0 Å². The Morgan fingerprint density at radius 1 is 1.40 bits per heavy atom. The molecule has 1 aromatic heterocycles. The van der Waals surface area contributed by atoms with Gasteiger partial charge in [0.05, 0.1) is 28.3 Å². The molecule has 134 valence electrons. The number of amides is 1. The van der Waals surface area contributed by atoms with Crippen LogP contribution >= 0.6 is 34.5 Å². The summed E-state index contributed by atoms with van der Waals surface area (Å²) in [7, 11) is 0. The number of nitrogens with one attached hydrogen (secondary N) is 1. The Bertz CT molecular complexity index is 750. The minimum absolute atomic E-state index is 0.00647. The molecule has 0 saturated carbocycles. The first-order valence-corrected chi connectivity index (χ1v) is 9.59. The molecule has 1 aromatic carbocycles. The van der Waals surface area contributed by atoms with Crippen molar-refractivity contribution >= 4 is 45.6 Å². The molecule has 1 N–H and O–H groups in total. The SMILES string of the molecule is O=C(Nc1ncc(F)s1)C(CC1CCCCO1)c1ccc(Cl)c(Cl)c1. The molecule has 2 unspecified atom stereocenters. The van der Waals surface area contributed by atoms with Crippen molar-refractivity contribution in [1.82, 2.24) is 4.98 Å². The van der Waals surface area contributed by atoms with Gasteiger partial charge in [-0.1, -0.05) is 40.6 Å². The van der Waals surface area contributed by atoms with Gasteiger partial charge in [-0.05, 0) is 43.4 Å². The van der Waals surface area contributed by atoms with E-state index in [2.05, 4.69) is 10.3 Å². The van der Waals surface area contributed by atoms with Gasteiger partial charge in [0, 0.05) is 6.61 Å². The number of carbonyl (C=O) groups excluding carboxylic acids is 1. The van der Waals surface area contributed by atoms with E-state index >= 15 is 0 Å². The Morgan fingerprint density at radius 3 is 2.88 bits per heavy atom. The number of carbonyl (C=O) groups is 1. The molecule has 1 saturated heterocycles. The fourth-order valence-electron chi connectivity index (χ4n) is 2.88. The van der Waals surface area contributed by atoms with Crippen LogP contribution in [0.5, 0.6) is 0 Å². The molecule has 2 atom stereocenters. The molecule has 0 radical (unpaired) electrons. The highest BCUT2D eigenvalue weighted by molar-refractivity contribution is 7.14. The number of benzene rings is 1. The average molecular weight is 403 g/mol. The zero-order valence-corrected chi connectivity index (χ0v) is 15.6. The zero-order chi connectivity index (χ0) is 17.8. The fourth-order valence-corrected chi connectivity index (χ4v) is 3.74. The predicted octanol–water partition coefficient (Wildman–Crippen LogP) is 5.27. The minimum Gasteiger partial charge on any atom is -0.378 e. The number of anilines is 1. The van der Waals surface area contributed by atoms with Crippen LogP contribution in [0.1, 0.15) is 37.2 Å². The highest BCUT2D eigenvalue weighted by Gasteiger charge is 2.27. The van der Waals surface area contributed by atoms with Crippen LogP contribution in [0.15, 0.2) is 24.4 Å². The Morgan fingerprint density at radius 2 is 2.24 bits per heavy atom. The van der Waals surface area contributed by atoms with E-state index in [-0.39, 0.29) is 17.1 Å². The maximum Gasteiger partial charge on any atom is 0.233 e. The number of hydrogen-bond acceptors (Lipinski definition) is 4. The van der Waals surface area contributed by atoms with E-state index in [9.17, 15) is 9.18 Å². The summed E-state index contributed by atoms with van der Waals surface area (Å²) in [5.74, 6) is -0.744. The third-order valence-electron chi connectivity index (χ3n) is 4.14. The van der Waals surface area contributed by atoms with Crippen molar-refractivity contribution in [3.05, 3.63) is 45.1 Å². The van der Waals surface area contributed by atoms with E-state index in [0.29, 0.717) is 23.1 Å². The number of aromatic nitrogens is 1. The van der Waals surface area contributed by atoms with E-state index < -0.39 is 11.0 Å². The maximum atomic E-state index is 13.1. The standard InChI is InChI=1S/C17H17Cl2FN2O2S/c18-13-5-4-10(7-14(13)19)12(8-11-3-1-2-6-24-11)16(23)22-17-21-9-15(20)25-17/h4-5,7,9,11-12H,1-3,6,8H2,(H,21,22,23). The molecule has 4 nitrogen and oxygen atoms in total. The second-order valence-corrected chi connectivity index (χ2v) is 7.70. The van der Waals surface area contributed by atoms with Crippen LogP contribution in [0, 0.1) is 5.13 Å². The van der Waals surface area contributed by atoms with Gasteiger partial charge in [0.2, 0.25) is 5.91 Å². The van der Waals surface area contributed by atoms with E-state index in [0.717, 1.165) is 42.4 Å². The van der Waals surface area contributed by atoms with Gasteiger partial charge in [-0.15, -0.1) is 0 Å². The molecule has 0 aliphatic carbocycles. The van der Waals surface area contributed by atoms with Crippen LogP contribution in [-0.2, 0) is 9.53 Å². The first kappa shape index (κ1) is 18.6. The van der Waals surface area contributed by atoms with Crippen molar-refractivity contribution in [2.75, 3.05) is 11.9 Å². The topological polar surface area (TPSA) is 51.2 Å². The lowest BCUT2D eigenvalue weighted by Gasteiger charge is -2.26. The Kier molecular flexibility index (Phi) is 6.28. The van der Waals surface area contributed by atoms with E-state index in [1.807, 2.05) is 0 Å². The average Bonchev–Trinajstić information content (AvgIpc) is 3.01. The normalized spacial score (nSPS) is 18.8. The molecular weight excluding hydrogens is 386 g/mol. The number of hydrogen-bond donors (Lipinski definition) is 1. The van der Waals surface area contributed by atoms with Crippen LogP contribution in [-0.4, -0.2) is 23.6 Å². The molecule has 2 heterocycles. The summed E-state index contributed by atoms with van der Waals surface area (Å²) in [6.45, 7) is 0.706. The quantitative estimate of drug-likeness (QED) is 0.740. The lowest BCUT2D eigenvalue weighted by molar-refractivity contribution is -0.118. The van der Waals surface area contributed by atoms with Gasteiger partial charge < -0.3 is 10.1 Å². The lowest BCUT2D eigenvalue weighted by atomic mass is 9.90. The molecular formula is C17H17Cl2FN2O2S. The van der Waals surface area contributed by atoms with Crippen molar-refractivity contribution in [2.24, 2.45) is 0 Å². The molecule has 1 amide bonds. The van der Waals surface area contributed by atoms with Gasteiger partial charge in [-0.3, -0.25) is 4.79 Å². The Labute approximate surface area is 159 Å². The molecule has 1 aliphatic rings. The van der Waals surface area contributed by atoms with Crippen molar-refractivity contribution < 1.29 is 13.9 Å². The fraction of sp³-hybridized carbons (Fsp3) is 0.412. The monoisotopic (exact) mass is 402 g/mol. The van der Waals surface area contributed by atoms with E-state index in [1.54, 1.807) is 18.2 Å². The molecule has 25 heavy (non-hydrogen) atoms. The maximum absolute atomic E-state index is 13.1. The first-order chi connectivity index (χ1) is 12.0. The second kappa shape index (κ2) is 8.45. The molecule has 0 bridgehead atoms. The Balaban J connectivity index is 1.81. The predicted molar refractivity (Wildman–Crippen MR) is 98.1 cm³/mol. The van der Waals surface area contributed by atoms with Crippen molar-refractivity contribution in [3.8, 4) is 0 Å². The molecule has 2 aromatic rings. The molecule has 1 fully saturated rings. The smallest absolute Gasteiger partial charge is 0.233 e. The van der Waals surface area contributed by atoms with Crippen LogP contribution in [0.25, 0.3) is 0 Å².